The maximum Gasteiger partial charge on any atom is 0.252 e. The van der Waals surface area contributed by atoms with E-state index in [1.807, 2.05) is 26.0 Å². The summed E-state index contributed by atoms with van der Waals surface area (Å²) in [6, 6.07) is 7.45. The molecule has 2 aliphatic rings. The van der Waals surface area contributed by atoms with Gasteiger partial charge in [0.15, 0.2) is 0 Å². The first-order valence-corrected chi connectivity index (χ1v) is 7.52. The lowest BCUT2D eigenvalue weighted by Crippen LogP contribution is -2.15. The molecule has 20 heavy (non-hydrogen) atoms. The van der Waals surface area contributed by atoms with Crippen molar-refractivity contribution in [2.24, 2.45) is 0 Å². The SMILES string of the molecule is CC.N#Cc1ccc2c(c1)SC1=C(CCC=C1)C(=O)N2. The summed E-state index contributed by atoms with van der Waals surface area (Å²) >= 11 is 1.55. The number of hydrogen-bond acceptors (Lipinski definition) is 3. The smallest absolute Gasteiger partial charge is 0.252 e. The van der Waals surface area contributed by atoms with Gasteiger partial charge in [0.1, 0.15) is 0 Å². The summed E-state index contributed by atoms with van der Waals surface area (Å²) in [5.74, 6) is -0.0229. The minimum absolute atomic E-state index is 0.0229. The number of nitrogens with one attached hydrogen (secondary N) is 1. The number of nitrogens with zero attached hydrogens (tertiary/aromatic N) is 1. The van der Waals surface area contributed by atoms with Gasteiger partial charge >= 0.3 is 0 Å². The molecule has 0 spiro atoms. The van der Waals surface area contributed by atoms with Gasteiger partial charge in [-0.1, -0.05) is 37.8 Å². The number of fused-ring (bicyclic) bond motifs is 1. The fourth-order valence-electron chi connectivity index (χ4n) is 2.06. The van der Waals surface area contributed by atoms with E-state index in [0.29, 0.717) is 5.56 Å². The van der Waals surface area contributed by atoms with E-state index in [2.05, 4.69) is 17.5 Å². The van der Waals surface area contributed by atoms with Gasteiger partial charge in [-0.3, -0.25) is 4.79 Å². The summed E-state index contributed by atoms with van der Waals surface area (Å²) in [4.78, 5) is 14.0. The summed E-state index contributed by atoms with van der Waals surface area (Å²) in [5.41, 5.74) is 2.24. The number of amides is 1. The Hall–Kier alpha value is -1.99. The number of carbonyl (C=O) groups excluding carboxylic acids is 1. The molecule has 0 atom stereocenters. The number of thioether (sulfide) groups is 1. The Morgan fingerprint density at radius 1 is 1.35 bits per heavy atom. The molecule has 1 aliphatic heterocycles. The summed E-state index contributed by atoms with van der Waals surface area (Å²) in [7, 11) is 0. The molecule has 0 bridgehead atoms. The molecule has 0 aromatic heterocycles. The molecule has 0 saturated carbocycles. The Balaban J connectivity index is 0.000000704. The third-order valence-corrected chi connectivity index (χ3v) is 4.14. The van der Waals surface area contributed by atoms with Gasteiger partial charge in [0.2, 0.25) is 0 Å². The predicted molar refractivity (Wildman–Crippen MR) is 82.4 cm³/mol. The number of hydrogen-bond donors (Lipinski definition) is 1. The number of nitriles is 1. The van der Waals surface area contributed by atoms with Crippen molar-refractivity contribution in [1.29, 1.82) is 5.26 Å². The van der Waals surface area contributed by atoms with Gasteiger partial charge in [-0.05, 0) is 31.0 Å². The zero-order valence-electron chi connectivity index (χ0n) is 11.6. The molecule has 1 N–H and O–H groups in total. The number of benzene rings is 1. The summed E-state index contributed by atoms with van der Waals surface area (Å²) in [6.07, 6.45) is 5.77. The van der Waals surface area contributed by atoms with Crippen LogP contribution in [-0.2, 0) is 4.79 Å². The Morgan fingerprint density at radius 3 is 2.90 bits per heavy atom. The fraction of sp³-hybridized carbons (Fsp3) is 0.250. The zero-order chi connectivity index (χ0) is 14.5. The summed E-state index contributed by atoms with van der Waals surface area (Å²) in [5, 5.41) is 11.8. The highest BCUT2D eigenvalue weighted by molar-refractivity contribution is 8.03. The van der Waals surface area contributed by atoms with Crippen molar-refractivity contribution in [3.8, 4) is 6.07 Å². The van der Waals surface area contributed by atoms with Gasteiger partial charge in [-0.2, -0.15) is 5.26 Å². The second-order valence-corrected chi connectivity index (χ2v) is 5.25. The average molecular weight is 284 g/mol. The fourth-order valence-corrected chi connectivity index (χ4v) is 3.19. The average Bonchev–Trinajstić information content (AvgIpc) is 2.64. The first-order valence-electron chi connectivity index (χ1n) is 6.71. The van der Waals surface area contributed by atoms with E-state index in [0.717, 1.165) is 33.9 Å². The van der Waals surface area contributed by atoms with Crippen molar-refractivity contribution in [2.75, 3.05) is 5.32 Å². The number of allylic oxidation sites excluding steroid dienone is 2. The van der Waals surface area contributed by atoms with Gasteiger partial charge in [0.25, 0.3) is 5.91 Å². The lowest BCUT2D eigenvalue weighted by molar-refractivity contribution is -0.113. The lowest BCUT2D eigenvalue weighted by Gasteiger charge is -2.10. The second-order valence-electron chi connectivity index (χ2n) is 4.16. The summed E-state index contributed by atoms with van der Waals surface area (Å²) < 4.78 is 0. The van der Waals surface area contributed by atoms with Crippen LogP contribution in [-0.4, -0.2) is 5.91 Å². The number of rotatable bonds is 0. The molecule has 4 heteroatoms. The van der Waals surface area contributed by atoms with E-state index in [-0.39, 0.29) is 5.91 Å². The van der Waals surface area contributed by atoms with Crippen LogP contribution in [0.3, 0.4) is 0 Å². The van der Waals surface area contributed by atoms with Crippen LogP contribution >= 0.6 is 11.8 Å². The van der Waals surface area contributed by atoms with Crippen LogP contribution in [0.5, 0.6) is 0 Å². The second kappa shape index (κ2) is 6.44. The van der Waals surface area contributed by atoms with Crippen molar-refractivity contribution in [3.05, 3.63) is 46.4 Å². The molecular weight excluding hydrogens is 268 g/mol. The molecule has 1 aromatic carbocycles. The first kappa shape index (κ1) is 14.4. The Kier molecular flexibility index (Phi) is 4.65. The van der Waals surface area contributed by atoms with Gasteiger partial charge in [-0.25, -0.2) is 0 Å². The third kappa shape index (κ3) is 2.78. The normalized spacial score (nSPS) is 15.9. The van der Waals surface area contributed by atoms with Gasteiger partial charge in [-0.15, -0.1) is 0 Å². The molecule has 1 amide bonds. The maximum absolute atomic E-state index is 12.1. The molecule has 1 aromatic rings. The van der Waals surface area contributed by atoms with Gasteiger partial charge < -0.3 is 5.32 Å². The van der Waals surface area contributed by atoms with Crippen LogP contribution in [0.1, 0.15) is 32.3 Å². The largest absolute Gasteiger partial charge is 0.321 e. The van der Waals surface area contributed by atoms with E-state index >= 15 is 0 Å². The highest BCUT2D eigenvalue weighted by atomic mass is 32.2. The van der Waals surface area contributed by atoms with E-state index < -0.39 is 0 Å². The van der Waals surface area contributed by atoms with Gasteiger partial charge in [0, 0.05) is 15.4 Å². The quantitative estimate of drug-likeness (QED) is 0.775. The van der Waals surface area contributed by atoms with Crippen LogP contribution in [0.25, 0.3) is 0 Å². The zero-order valence-corrected chi connectivity index (χ0v) is 12.4. The van der Waals surface area contributed by atoms with Crippen molar-refractivity contribution in [2.45, 2.75) is 31.6 Å². The van der Waals surface area contributed by atoms with E-state index in [1.165, 1.54) is 0 Å². The topological polar surface area (TPSA) is 52.9 Å². The summed E-state index contributed by atoms with van der Waals surface area (Å²) in [6.45, 7) is 4.00. The Morgan fingerprint density at radius 2 is 2.15 bits per heavy atom. The molecule has 102 valence electrons. The first-order chi connectivity index (χ1) is 9.78. The highest BCUT2D eigenvalue weighted by Gasteiger charge is 2.22. The molecule has 1 heterocycles. The van der Waals surface area contributed by atoms with E-state index in [1.54, 1.807) is 23.9 Å². The lowest BCUT2D eigenvalue weighted by atomic mass is 10.0. The number of carbonyl (C=O) groups is 1. The predicted octanol–water partition coefficient (Wildman–Crippen LogP) is 4.23. The number of anilines is 1. The highest BCUT2D eigenvalue weighted by Crippen LogP contribution is 2.41. The molecule has 0 fully saturated rings. The van der Waals surface area contributed by atoms with Crippen molar-refractivity contribution < 1.29 is 4.79 Å². The molecule has 3 nitrogen and oxygen atoms in total. The molecule has 3 rings (SSSR count). The molecule has 0 radical (unpaired) electrons. The Bertz CT molecular complexity index is 638. The standard InChI is InChI=1S/C14H10N2OS.C2H6/c15-8-9-5-6-11-13(7-9)18-12-4-2-1-3-10(12)14(17)16-11;1-2/h2,4-7H,1,3H2,(H,16,17);1-2H3. The van der Waals surface area contributed by atoms with Crippen LogP contribution in [0.2, 0.25) is 0 Å². The van der Waals surface area contributed by atoms with Crippen LogP contribution in [0.15, 0.2) is 45.7 Å². The van der Waals surface area contributed by atoms with Crippen LogP contribution in [0, 0.1) is 11.3 Å². The minimum atomic E-state index is -0.0229. The van der Waals surface area contributed by atoms with E-state index in [9.17, 15) is 4.79 Å². The van der Waals surface area contributed by atoms with Crippen LogP contribution in [0.4, 0.5) is 5.69 Å². The third-order valence-electron chi connectivity index (χ3n) is 2.98. The maximum atomic E-state index is 12.1. The van der Waals surface area contributed by atoms with Gasteiger partial charge in [0.05, 0.1) is 17.3 Å². The van der Waals surface area contributed by atoms with E-state index in [4.69, 9.17) is 5.26 Å². The Labute approximate surface area is 123 Å². The molecule has 0 saturated heterocycles. The minimum Gasteiger partial charge on any atom is -0.321 e. The molecule has 0 unspecified atom stereocenters. The molecule has 1 aliphatic carbocycles. The van der Waals surface area contributed by atoms with Crippen LogP contribution < -0.4 is 5.32 Å². The molecular formula is C16H16N2OS. The van der Waals surface area contributed by atoms with Crippen molar-refractivity contribution in [3.63, 3.8) is 0 Å². The van der Waals surface area contributed by atoms with Crippen molar-refractivity contribution >= 4 is 23.4 Å². The monoisotopic (exact) mass is 284 g/mol. The van der Waals surface area contributed by atoms with Crippen molar-refractivity contribution in [1.82, 2.24) is 0 Å².